The van der Waals surface area contributed by atoms with Crippen molar-refractivity contribution in [2.24, 2.45) is 0 Å². The smallest absolute Gasteiger partial charge is 0.205 e. The quantitative estimate of drug-likeness (QED) is 0.759. The van der Waals surface area contributed by atoms with Crippen LogP contribution in [0.2, 0.25) is 5.02 Å². The average molecular weight is 297 g/mol. The van der Waals surface area contributed by atoms with Gasteiger partial charge in [-0.05, 0) is 12.0 Å². The molecule has 4 heteroatoms. The zero-order chi connectivity index (χ0) is 15.1. The zero-order valence-electron chi connectivity index (χ0n) is 12.7. The average Bonchev–Trinajstić information content (AvgIpc) is 2.45. The number of benzene rings is 1. The first-order chi connectivity index (χ1) is 9.60. The van der Waals surface area contributed by atoms with E-state index in [0.29, 0.717) is 22.3 Å². The van der Waals surface area contributed by atoms with E-state index in [-0.39, 0.29) is 5.92 Å². The molecule has 1 unspecified atom stereocenters. The Morgan fingerprint density at radius 3 is 2.15 bits per heavy atom. The van der Waals surface area contributed by atoms with Gasteiger partial charge in [0, 0.05) is 18.4 Å². The molecule has 0 heterocycles. The topological polar surface area (TPSA) is 27.7 Å². The summed E-state index contributed by atoms with van der Waals surface area (Å²) in [6.45, 7) is 4.12. The van der Waals surface area contributed by atoms with Crippen LogP contribution in [-0.2, 0) is 0 Å². The summed E-state index contributed by atoms with van der Waals surface area (Å²) in [5.41, 5.74) is 0.973. The SMILES string of the molecule is CCC#CCC(C)c1cc(Cl)c(OC)c(OC)c1OC. The standard InChI is InChI=1S/C16H21ClO3/c1-6-7-8-9-11(2)12-10-13(17)15(19-4)16(20-5)14(12)18-3/h10-11H,6,9H2,1-5H3. The molecule has 1 atom stereocenters. The highest BCUT2D eigenvalue weighted by Gasteiger charge is 2.22. The molecule has 1 aromatic rings. The lowest BCUT2D eigenvalue weighted by Gasteiger charge is -2.19. The first-order valence-corrected chi connectivity index (χ1v) is 6.92. The van der Waals surface area contributed by atoms with Crippen LogP contribution in [0.15, 0.2) is 6.07 Å². The van der Waals surface area contributed by atoms with Crippen molar-refractivity contribution in [1.29, 1.82) is 0 Å². The van der Waals surface area contributed by atoms with Gasteiger partial charge in [0.15, 0.2) is 11.5 Å². The van der Waals surface area contributed by atoms with Gasteiger partial charge in [-0.2, -0.15) is 0 Å². The molecule has 0 aliphatic rings. The normalized spacial score (nSPS) is 11.3. The number of hydrogen-bond donors (Lipinski definition) is 0. The number of methoxy groups -OCH3 is 3. The van der Waals surface area contributed by atoms with Crippen molar-refractivity contribution in [3.8, 4) is 29.1 Å². The molecule has 0 saturated heterocycles. The largest absolute Gasteiger partial charge is 0.492 e. The third kappa shape index (κ3) is 3.52. The molecule has 0 saturated carbocycles. The molecular formula is C16H21ClO3. The summed E-state index contributed by atoms with van der Waals surface area (Å²) in [7, 11) is 4.74. The van der Waals surface area contributed by atoms with Gasteiger partial charge in [-0.25, -0.2) is 0 Å². The molecule has 0 N–H and O–H groups in total. The van der Waals surface area contributed by atoms with Crippen molar-refractivity contribution in [3.05, 3.63) is 16.7 Å². The van der Waals surface area contributed by atoms with Gasteiger partial charge in [0.25, 0.3) is 0 Å². The molecule has 1 aromatic carbocycles. The van der Waals surface area contributed by atoms with E-state index in [0.717, 1.165) is 18.4 Å². The Kier molecular flexibility index (Phi) is 6.54. The minimum Gasteiger partial charge on any atom is -0.492 e. The number of hydrogen-bond acceptors (Lipinski definition) is 3. The molecule has 1 rings (SSSR count). The third-order valence-electron chi connectivity index (χ3n) is 3.03. The third-order valence-corrected chi connectivity index (χ3v) is 3.31. The Bertz CT molecular complexity index is 515. The molecule has 110 valence electrons. The molecule has 0 amide bonds. The Balaban J connectivity index is 3.28. The highest BCUT2D eigenvalue weighted by atomic mass is 35.5. The van der Waals surface area contributed by atoms with Crippen LogP contribution in [0.3, 0.4) is 0 Å². The minimum absolute atomic E-state index is 0.196. The Labute approximate surface area is 126 Å². The van der Waals surface area contributed by atoms with E-state index in [1.165, 1.54) is 0 Å². The summed E-state index contributed by atoms with van der Waals surface area (Å²) in [5.74, 6) is 8.08. The van der Waals surface area contributed by atoms with Crippen LogP contribution in [0.4, 0.5) is 0 Å². The van der Waals surface area contributed by atoms with E-state index in [1.807, 2.05) is 13.0 Å². The molecule has 3 nitrogen and oxygen atoms in total. The van der Waals surface area contributed by atoms with E-state index in [4.69, 9.17) is 25.8 Å². The van der Waals surface area contributed by atoms with Crippen LogP contribution in [0.5, 0.6) is 17.2 Å². The summed E-state index contributed by atoms with van der Waals surface area (Å²) >= 11 is 6.25. The van der Waals surface area contributed by atoms with Crippen LogP contribution in [0, 0.1) is 11.8 Å². The fraction of sp³-hybridized carbons (Fsp3) is 0.500. The lowest BCUT2D eigenvalue weighted by molar-refractivity contribution is 0.321. The van der Waals surface area contributed by atoms with Crippen molar-refractivity contribution in [2.45, 2.75) is 32.6 Å². The Morgan fingerprint density at radius 1 is 1.05 bits per heavy atom. The van der Waals surface area contributed by atoms with E-state index in [9.17, 15) is 0 Å². The fourth-order valence-corrected chi connectivity index (χ4v) is 2.30. The van der Waals surface area contributed by atoms with Crippen LogP contribution in [0.25, 0.3) is 0 Å². The molecule has 0 spiro atoms. The summed E-state index contributed by atoms with van der Waals surface area (Å²) in [4.78, 5) is 0. The maximum Gasteiger partial charge on any atom is 0.205 e. The molecular weight excluding hydrogens is 276 g/mol. The van der Waals surface area contributed by atoms with Gasteiger partial charge in [0.05, 0.1) is 26.4 Å². The van der Waals surface area contributed by atoms with Gasteiger partial charge in [-0.1, -0.05) is 25.4 Å². The fourth-order valence-electron chi connectivity index (χ4n) is 2.02. The second kappa shape index (κ2) is 7.91. The summed E-state index contributed by atoms with van der Waals surface area (Å²) in [6.07, 6.45) is 1.60. The lowest BCUT2D eigenvalue weighted by atomic mass is 9.96. The van der Waals surface area contributed by atoms with E-state index in [1.54, 1.807) is 21.3 Å². The second-order valence-corrected chi connectivity index (χ2v) is 4.77. The van der Waals surface area contributed by atoms with Crippen molar-refractivity contribution in [3.63, 3.8) is 0 Å². The van der Waals surface area contributed by atoms with Gasteiger partial charge in [-0.3, -0.25) is 0 Å². The molecule has 20 heavy (non-hydrogen) atoms. The van der Waals surface area contributed by atoms with Crippen LogP contribution < -0.4 is 14.2 Å². The molecule has 0 aromatic heterocycles. The zero-order valence-corrected chi connectivity index (χ0v) is 13.4. The predicted molar refractivity (Wildman–Crippen MR) is 82.2 cm³/mol. The first-order valence-electron chi connectivity index (χ1n) is 6.54. The van der Waals surface area contributed by atoms with Gasteiger partial charge in [-0.15, -0.1) is 11.8 Å². The Morgan fingerprint density at radius 2 is 1.65 bits per heavy atom. The van der Waals surface area contributed by atoms with Gasteiger partial charge in [0.2, 0.25) is 5.75 Å². The second-order valence-electron chi connectivity index (χ2n) is 4.36. The van der Waals surface area contributed by atoms with E-state index >= 15 is 0 Å². The number of ether oxygens (including phenoxy) is 3. The molecule has 0 fully saturated rings. The molecule has 0 bridgehead atoms. The van der Waals surface area contributed by atoms with Gasteiger partial charge in [0.1, 0.15) is 0 Å². The van der Waals surface area contributed by atoms with Crippen molar-refractivity contribution in [2.75, 3.05) is 21.3 Å². The Hall–Kier alpha value is -1.53. The maximum absolute atomic E-state index is 6.25. The van der Waals surface area contributed by atoms with Crippen molar-refractivity contribution in [1.82, 2.24) is 0 Å². The summed E-state index contributed by atoms with van der Waals surface area (Å²) in [5, 5.41) is 0.510. The van der Waals surface area contributed by atoms with Crippen LogP contribution in [-0.4, -0.2) is 21.3 Å². The maximum atomic E-state index is 6.25. The van der Waals surface area contributed by atoms with Crippen LogP contribution in [0.1, 0.15) is 38.2 Å². The highest BCUT2D eigenvalue weighted by Crippen LogP contribution is 2.47. The molecule has 0 radical (unpaired) electrons. The number of rotatable bonds is 5. The number of halogens is 1. The monoisotopic (exact) mass is 296 g/mol. The van der Waals surface area contributed by atoms with E-state index in [2.05, 4.69) is 18.8 Å². The highest BCUT2D eigenvalue weighted by molar-refractivity contribution is 6.32. The van der Waals surface area contributed by atoms with Crippen LogP contribution >= 0.6 is 11.6 Å². The van der Waals surface area contributed by atoms with Crippen molar-refractivity contribution < 1.29 is 14.2 Å². The lowest BCUT2D eigenvalue weighted by Crippen LogP contribution is -2.02. The first kappa shape index (κ1) is 16.5. The molecule has 0 aliphatic heterocycles. The minimum atomic E-state index is 0.196. The molecule has 0 aliphatic carbocycles. The van der Waals surface area contributed by atoms with Gasteiger partial charge >= 0.3 is 0 Å². The predicted octanol–water partition coefficient (Wildman–Crippen LogP) is 4.27. The van der Waals surface area contributed by atoms with E-state index < -0.39 is 0 Å². The summed E-state index contributed by atoms with van der Waals surface area (Å²) < 4.78 is 16.1. The van der Waals surface area contributed by atoms with Gasteiger partial charge < -0.3 is 14.2 Å². The summed E-state index contributed by atoms with van der Waals surface area (Å²) in [6, 6.07) is 1.86. The van der Waals surface area contributed by atoms with Crippen molar-refractivity contribution >= 4 is 11.6 Å².